The first-order valence-electron chi connectivity index (χ1n) is 6.36. The number of hydrogen-bond donors (Lipinski definition) is 1. The molecular formula is C14H17ClN2O2. The molecule has 5 heteroatoms. The van der Waals surface area contributed by atoms with Gasteiger partial charge in [-0.05, 0) is 24.6 Å². The van der Waals surface area contributed by atoms with Crippen LogP contribution in [-0.2, 0) is 9.59 Å². The van der Waals surface area contributed by atoms with Gasteiger partial charge in [-0.15, -0.1) is 11.6 Å². The van der Waals surface area contributed by atoms with Gasteiger partial charge in [0.15, 0.2) is 0 Å². The average Bonchev–Trinajstić information content (AvgIpc) is 2.70. The molecule has 1 aliphatic rings. The molecule has 1 saturated heterocycles. The molecular weight excluding hydrogens is 264 g/mol. The first kappa shape index (κ1) is 13.9. The Balaban J connectivity index is 2.27. The Morgan fingerprint density at radius 2 is 2.26 bits per heavy atom. The molecule has 0 spiro atoms. The van der Waals surface area contributed by atoms with Crippen molar-refractivity contribution in [2.24, 2.45) is 0 Å². The molecule has 1 aromatic rings. The fraction of sp³-hybridized carbons (Fsp3) is 0.429. The number of alkyl halides is 1. The molecule has 2 amide bonds. The Morgan fingerprint density at radius 1 is 1.53 bits per heavy atom. The van der Waals surface area contributed by atoms with Crippen LogP contribution in [0, 0.1) is 6.92 Å². The number of carbonyl (C=O) groups excluding carboxylic acids is 2. The molecule has 19 heavy (non-hydrogen) atoms. The van der Waals surface area contributed by atoms with Gasteiger partial charge in [0.05, 0.1) is 5.38 Å². The predicted molar refractivity (Wildman–Crippen MR) is 76.7 cm³/mol. The third-order valence-electron chi connectivity index (χ3n) is 3.18. The SMILES string of the molecule is CCC(=O)Nc1ccc(C)c(N2CC(Cl)CC2=O)c1. The lowest BCUT2D eigenvalue weighted by atomic mass is 10.1. The van der Waals surface area contributed by atoms with E-state index in [0.29, 0.717) is 25.1 Å². The largest absolute Gasteiger partial charge is 0.326 e. The molecule has 0 aromatic heterocycles. The van der Waals surface area contributed by atoms with E-state index in [1.807, 2.05) is 25.1 Å². The molecule has 1 fully saturated rings. The highest BCUT2D eigenvalue weighted by Crippen LogP contribution is 2.29. The van der Waals surface area contributed by atoms with Crippen molar-refractivity contribution in [3.8, 4) is 0 Å². The first-order valence-corrected chi connectivity index (χ1v) is 6.80. The summed E-state index contributed by atoms with van der Waals surface area (Å²) in [5.41, 5.74) is 2.52. The van der Waals surface area contributed by atoms with Crippen molar-refractivity contribution in [2.75, 3.05) is 16.8 Å². The molecule has 1 aromatic carbocycles. The smallest absolute Gasteiger partial charge is 0.228 e. The monoisotopic (exact) mass is 280 g/mol. The number of nitrogens with zero attached hydrogens (tertiary/aromatic N) is 1. The van der Waals surface area contributed by atoms with Gasteiger partial charge in [0.2, 0.25) is 11.8 Å². The van der Waals surface area contributed by atoms with Gasteiger partial charge in [-0.1, -0.05) is 13.0 Å². The summed E-state index contributed by atoms with van der Waals surface area (Å²) in [6, 6.07) is 5.57. The highest BCUT2D eigenvalue weighted by atomic mass is 35.5. The number of nitrogens with one attached hydrogen (secondary N) is 1. The fourth-order valence-electron chi connectivity index (χ4n) is 2.12. The molecule has 1 aliphatic heterocycles. The van der Waals surface area contributed by atoms with Crippen LogP contribution < -0.4 is 10.2 Å². The van der Waals surface area contributed by atoms with Crippen molar-refractivity contribution < 1.29 is 9.59 Å². The summed E-state index contributed by atoms with van der Waals surface area (Å²) in [5, 5.41) is 2.66. The zero-order valence-electron chi connectivity index (χ0n) is 11.1. The van der Waals surface area contributed by atoms with E-state index in [2.05, 4.69) is 5.32 Å². The van der Waals surface area contributed by atoms with E-state index in [9.17, 15) is 9.59 Å². The van der Waals surface area contributed by atoms with Crippen LogP contribution in [0.25, 0.3) is 0 Å². The van der Waals surface area contributed by atoms with Crippen LogP contribution in [-0.4, -0.2) is 23.7 Å². The molecule has 1 N–H and O–H groups in total. The van der Waals surface area contributed by atoms with Crippen LogP contribution in [0.2, 0.25) is 0 Å². The predicted octanol–water partition coefficient (Wildman–Crippen LogP) is 2.69. The molecule has 0 radical (unpaired) electrons. The highest BCUT2D eigenvalue weighted by Gasteiger charge is 2.30. The summed E-state index contributed by atoms with van der Waals surface area (Å²) in [7, 11) is 0. The number of rotatable bonds is 3. The van der Waals surface area contributed by atoms with Crippen LogP contribution in [0.3, 0.4) is 0 Å². The van der Waals surface area contributed by atoms with Crippen LogP contribution in [0.5, 0.6) is 0 Å². The van der Waals surface area contributed by atoms with E-state index >= 15 is 0 Å². The normalized spacial score (nSPS) is 18.8. The zero-order valence-corrected chi connectivity index (χ0v) is 11.8. The van der Waals surface area contributed by atoms with Gasteiger partial charge in [0.25, 0.3) is 0 Å². The zero-order chi connectivity index (χ0) is 14.0. The molecule has 1 atom stereocenters. The first-order chi connectivity index (χ1) is 9.01. The molecule has 1 heterocycles. The lowest BCUT2D eigenvalue weighted by Crippen LogP contribution is -2.25. The Hall–Kier alpha value is -1.55. The summed E-state index contributed by atoms with van der Waals surface area (Å²) in [5.74, 6) is -0.0140. The summed E-state index contributed by atoms with van der Waals surface area (Å²) in [4.78, 5) is 25.0. The Bertz CT molecular complexity index is 516. The number of anilines is 2. The van der Waals surface area contributed by atoms with E-state index in [1.165, 1.54) is 0 Å². The Morgan fingerprint density at radius 3 is 2.84 bits per heavy atom. The van der Waals surface area contributed by atoms with Crippen LogP contribution in [0.15, 0.2) is 18.2 Å². The van der Waals surface area contributed by atoms with Gasteiger partial charge in [0.1, 0.15) is 0 Å². The minimum absolute atomic E-state index is 0.0297. The van der Waals surface area contributed by atoms with Gasteiger partial charge in [0, 0.05) is 30.8 Å². The molecule has 102 valence electrons. The van der Waals surface area contributed by atoms with Crippen molar-refractivity contribution in [3.05, 3.63) is 23.8 Å². The van der Waals surface area contributed by atoms with Crippen LogP contribution in [0.4, 0.5) is 11.4 Å². The Kier molecular flexibility index (Phi) is 4.10. The Labute approximate surface area is 117 Å². The van der Waals surface area contributed by atoms with Crippen LogP contribution >= 0.6 is 11.6 Å². The third-order valence-corrected chi connectivity index (χ3v) is 3.47. The maximum atomic E-state index is 11.9. The second-order valence-electron chi connectivity index (χ2n) is 4.71. The molecule has 2 rings (SSSR count). The molecule has 1 unspecified atom stereocenters. The molecule has 0 aliphatic carbocycles. The third kappa shape index (κ3) is 3.07. The van der Waals surface area contributed by atoms with Gasteiger partial charge in [-0.25, -0.2) is 0 Å². The lowest BCUT2D eigenvalue weighted by molar-refractivity contribution is -0.117. The highest BCUT2D eigenvalue weighted by molar-refractivity contribution is 6.24. The van der Waals surface area contributed by atoms with Gasteiger partial charge in [-0.3, -0.25) is 9.59 Å². The summed E-state index contributed by atoms with van der Waals surface area (Å²) >= 11 is 6.02. The van der Waals surface area contributed by atoms with Gasteiger partial charge < -0.3 is 10.2 Å². The molecule has 4 nitrogen and oxygen atoms in total. The van der Waals surface area contributed by atoms with E-state index in [1.54, 1.807) is 11.8 Å². The summed E-state index contributed by atoms with van der Waals surface area (Å²) in [6.07, 6.45) is 0.794. The average molecular weight is 281 g/mol. The number of carbonyl (C=O) groups is 2. The molecule has 0 saturated carbocycles. The van der Waals surface area contributed by atoms with Crippen molar-refractivity contribution in [1.29, 1.82) is 0 Å². The quantitative estimate of drug-likeness (QED) is 0.866. The topological polar surface area (TPSA) is 49.4 Å². The summed E-state index contributed by atoms with van der Waals surface area (Å²) < 4.78 is 0. The number of aryl methyl sites for hydroxylation is 1. The van der Waals surface area contributed by atoms with Crippen molar-refractivity contribution in [2.45, 2.75) is 32.1 Å². The second kappa shape index (κ2) is 5.61. The van der Waals surface area contributed by atoms with Crippen molar-refractivity contribution >= 4 is 34.8 Å². The summed E-state index contributed by atoms with van der Waals surface area (Å²) in [6.45, 7) is 4.26. The van der Waals surface area contributed by atoms with E-state index in [-0.39, 0.29) is 17.2 Å². The number of amides is 2. The minimum Gasteiger partial charge on any atom is -0.326 e. The number of halogens is 1. The molecule has 0 bridgehead atoms. The second-order valence-corrected chi connectivity index (χ2v) is 5.33. The lowest BCUT2D eigenvalue weighted by Gasteiger charge is -2.19. The van der Waals surface area contributed by atoms with Gasteiger partial charge >= 0.3 is 0 Å². The van der Waals surface area contributed by atoms with Crippen LogP contribution in [0.1, 0.15) is 25.3 Å². The minimum atomic E-state index is -0.138. The van der Waals surface area contributed by atoms with Gasteiger partial charge in [-0.2, -0.15) is 0 Å². The van der Waals surface area contributed by atoms with Crippen molar-refractivity contribution in [1.82, 2.24) is 0 Å². The van der Waals surface area contributed by atoms with E-state index in [0.717, 1.165) is 11.3 Å². The number of hydrogen-bond acceptors (Lipinski definition) is 2. The fourth-order valence-corrected chi connectivity index (χ4v) is 2.39. The standard InChI is InChI=1S/C14H17ClN2O2/c1-3-13(18)16-11-5-4-9(2)12(7-11)17-8-10(15)6-14(17)19/h4-5,7,10H,3,6,8H2,1-2H3,(H,16,18). The van der Waals surface area contributed by atoms with Crippen molar-refractivity contribution in [3.63, 3.8) is 0 Å². The number of benzene rings is 1. The maximum Gasteiger partial charge on any atom is 0.228 e. The van der Waals surface area contributed by atoms with E-state index in [4.69, 9.17) is 11.6 Å². The van der Waals surface area contributed by atoms with E-state index < -0.39 is 0 Å². The maximum absolute atomic E-state index is 11.9.